The molecule has 0 aromatic heterocycles. The minimum atomic E-state index is -0.598. The third-order valence-corrected chi connectivity index (χ3v) is 3.69. The molecule has 0 aliphatic heterocycles. The summed E-state index contributed by atoms with van der Waals surface area (Å²) in [6, 6.07) is 6.42. The van der Waals surface area contributed by atoms with Gasteiger partial charge in [0.2, 0.25) is 5.91 Å². The van der Waals surface area contributed by atoms with Gasteiger partial charge in [0, 0.05) is 11.7 Å². The molecule has 0 spiro atoms. The number of benzene rings is 1. The van der Waals surface area contributed by atoms with E-state index in [9.17, 15) is 14.4 Å². The summed E-state index contributed by atoms with van der Waals surface area (Å²) < 4.78 is 14.7. The quantitative estimate of drug-likeness (QED) is 0.502. The molecule has 0 saturated carbocycles. The number of nitrogens with zero attached hydrogens (tertiary/aromatic N) is 1. The first kappa shape index (κ1) is 20.5. The van der Waals surface area contributed by atoms with Gasteiger partial charge in [-0.3, -0.25) is 14.4 Å². The minimum Gasteiger partial charge on any atom is -0.497 e. The Bertz CT molecular complexity index is 584. The van der Waals surface area contributed by atoms with Gasteiger partial charge in [0.25, 0.3) is 0 Å². The van der Waals surface area contributed by atoms with Crippen molar-refractivity contribution < 1.29 is 28.6 Å². The fourth-order valence-electron chi connectivity index (χ4n) is 2.42. The van der Waals surface area contributed by atoms with E-state index in [-0.39, 0.29) is 13.0 Å². The van der Waals surface area contributed by atoms with E-state index in [4.69, 9.17) is 14.2 Å². The number of anilines is 1. The summed E-state index contributed by atoms with van der Waals surface area (Å²) in [7, 11) is 2.85. The van der Waals surface area contributed by atoms with Crippen LogP contribution in [0.5, 0.6) is 5.75 Å². The zero-order chi connectivity index (χ0) is 18.8. The largest absolute Gasteiger partial charge is 0.497 e. The van der Waals surface area contributed by atoms with Crippen molar-refractivity contribution in [2.24, 2.45) is 0 Å². The van der Waals surface area contributed by atoms with Crippen molar-refractivity contribution in [3.63, 3.8) is 0 Å². The summed E-state index contributed by atoms with van der Waals surface area (Å²) >= 11 is 0. The Labute approximate surface area is 147 Å². The number of carbonyl (C=O) groups excluding carboxylic acids is 3. The van der Waals surface area contributed by atoms with Gasteiger partial charge in [-0.25, -0.2) is 0 Å². The number of hydrogen-bond acceptors (Lipinski definition) is 6. The van der Waals surface area contributed by atoms with Gasteiger partial charge in [0.15, 0.2) is 0 Å². The maximum atomic E-state index is 12.7. The van der Waals surface area contributed by atoms with E-state index in [0.29, 0.717) is 17.9 Å². The van der Waals surface area contributed by atoms with Gasteiger partial charge in [-0.1, -0.05) is 6.92 Å². The fraction of sp³-hybridized carbons (Fsp3) is 0.500. The summed E-state index contributed by atoms with van der Waals surface area (Å²) in [5.74, 6) is -0.810. The highest BCUT2D eigenvalue weighted by Crippen LogP contribution is 2.25. The summed E-state index contributed by atoms with van der Waals surface area (Å²) in [6.07, 6.45) is 0.167. The van der Waals surface area contributed by atoms with Crippen LogP contribution in [0, 0.1) is 0 Å². The van der Waals surface area contributed by atoms with Crippen LogP contribution < -0.4 is 9.64 Å². The number of esters is 2. The highest BCUT2D eigenvalue weighted by atomic mass is 16.5. The molecule has 1 unspecified atom stereocenters. The number of methoxy groups -OCH3 is 2. The average Bonchev–Trinajstić information content (AvgIpc) is 2.61. The molecule has 1 aromatic carbocycles. The predicted octanol–water partition coefficient (Wildman–Crippen LogP) is 2.32. The lowest BCUT2D eigenvalue weighted by molar-refractivity contribution is -0.145. The van der Waals surface area contributed by atoms with E-state index in [1.807, 2.05) is 6.92 Å². The van der Waals surface area contributed by atoms with Gasteiger partial charge in [0.1, 0.15) is 12.2 Å². The van der Waals surface area contributed by atoms with E-state index >= 15 is 0 Å². The number of carbonyl (C=O) groups is 3. The molecule has 0 N–H and O–H groups in total. The average molecular weight is 351 g/mol. The molecular weight excluding hydrogens is 326 g/mol. The maximum Gasteiger partial charge on any atom is 0.315 e. The van der Waals surface area contributed by atoms with Crippen molar-refractivity contribution in [2.75, 3.05) is 25.7 Å². The second kappa shape index (κ2) is 10.3. The molecule has 0 fully saturated rings. The van der Waals surface area contributed by atoms with Crippen molar-refractivity contribution >= 4 is 23.5 Å². The Morgan fingerprint density at radius 2 is 1.68 bits per heavy atom. The topological polar surface area (TPSA) is 82.1 Å². The van der Waals surface area contributed by atoms with Crippen LogP contribution in [0.3, 0.4) is 0 Å². The molecule has 1 aromatic rings. The summed E-state index contributed by atoms with van der Waals surface area (Å²) in [6.45, 7) is 3.74. The van der Waals surface area contributed by atoms with Crippen molar-refractivity contribution in [3.8, 4) is 5.75 Å². The predicted molar refractivity (Wildman–Crippen MR) is 92.4 cm³/mol. The smallest absolute Gasteiger partial charge is 0.315 e. The minimum absolute atomic E-state index is 0.0353. The van der Waals surface area contributed by atoms with Crippen molar-refractivity contribution in [3.05, 3.63) is 24.3 Å². The molecule has 1 rings (SSSR count). The SMILES string of the molecule is CCOC(=O)CC(=O)N(c1ccc(OC)cc1)C(CC)CC(=O)OC. The van der Waals surface area contributed by atoms with Gasteiger partial charge >= 0.3 is 11.9 Å². The molecule has 0 bridgehead atoms. The Morgan fingerprint density at radius 1 is 1.04 bits per heavy atom. The van der Waals surface area contributed by atoms with E-state index < -0.39 is 30.3 Å². The lowest BCUT2D eigenvalue weighted by Crippen LogP contribution is -2.42. The lowest BCUT2D eigenvalue weighted by atomic mass is 10.1. The van der Waals surface area contributed by atoms with Gasteiger partial charge in [-0.05, 0) is 37.6 Å². The van der Waals surface area contributed by atoms with Crippen LogP contribution in [-0.4, -0.2) is 44.7 Å². The molecule has 0 aliphatic carbocycles. The first-order valence-electron chi connectivity index (χ1n) is 8.15. The summed E-state index contributed by atoms with van der Waals surface area (Å²) in [4.78, 5) is 37.5. The van der Waals surface area contributed by atoms with Crippen LogP contribution in [-0.2, 0) is 23.9 Å². The van der Waals surface area contributed by atoms with Gasteiger partial charge < -0.3 is 19.1 Å². The lowest BCUT2D eigenvalue weighted by Gasteiger charge is -2.30. The van der Waals surface area contributed by atoms with Crippen LogP contribution in [0.4, 0.5) is 5.69 Å². The molecule has 0 aliphatic rings. The monoisotopic (exact) mass is 351 g/mol. The van der Waals surface area contributed by atoms with Crippen LogP contribution in [0.25, 0.3) is 0 Å². The molecule has 0 saturated heterocycles. The number of rotatable bonds is 9. The molecule has 7 heteroatoms. The highest BCUT2D eigenvalue weighted by Gasteiger charge is 2.28. The first-order chi connectivity index (χ1) is 12.0. The summed E-state index contributed by atoms with van der Waals surface area (Å²) in [5, 5.41) is 0. The Hall–Kier alpha value is -2.57. The van der Waals surface area contributed by atoms with E-state index in [1.54, 1.807) is 38.3 Å². The Morgan fingerprint density at radius 3 is 2.16 bits per heavy atom. The van der Waals surface area contributed by atoms with Crippen molar-refractivity contribution in [2.45, 2.75) is 39.2 Å². The van der Waals surface area contributed by atoms with Gasteiger partial charge in [0.05, 0.1) is 27.2 Å². The van der Waals surface area contributed by atoms with Crippen molar-refractivity contribution in [1.82, 2.24) is 0 Å². The van der Waals surface area contributed by atoms with Crippen LogP contribution >= 0.6 is 0 Å². The maximum absolute atomic E-state index is 12.7. The second-order valence-corrected chi connectivity index (χ2v) is 5.29. The molecule has 25 heavy (non-hydrogen) atoms. The Balaban J connectivity index is 3.12. The van der Waals surface area contributed by atoms with E-state index in [1.165, 1.54) is 12.0 Å². The zero-order valence-electron chi connectivity index (χ0n) is 15.1. The molecular formula is C18H25NO6. The van der Waals surface area contributed by atoms with Crippen LogP contribution in [0.2, 0.25) is 0 Å². The van der Waals surface area contributed by atoms with Crippen LogP contribution in [0.15, 0.2) is 24.3 Å². The zero-order valence-corrected chi connectivity index (χ0v) is 15.1. The molecule has 1 atom stereocenters. The highest BCUT2D eigenvalue weighted by molar-refractivity contribution is 6.04. The molecule has 0 heterocycles. The van der Waals surface area contributed by atoms with E-state index in [0.717, 1.165) is 0 Å². The third-order valence-electron chi connectivity index (χ3n) is 3.69. The normalized spacial score (nSPS) is 11.4. The first-order valence-corrected chi connectivity index (χ1v) is 8.15. The van der Waals surface area contributed by atoms with E-state index in [2.05, 4.69) is 0 Å². The fourth-order valence-corrected chi connectivity index (χ4v) is 2.42. The van der Waals surface area contributed by atoms with Gasteiger partial charge in [-0.15, -0.1) is 0 Å². The molecule has 1 amide bonds. The number of amides is 1. The number of ether oxygens (including phenoxy) is 3. The summed E-state index contributed by atoms with van der Waals surface area (Å²) in [5.41, 5.74) is 0.575. The van der Waals surface area contributed by atoms with Gasteiger partial charge in [-0.2, -0.15) is 0 Å². The molecule has 7 nitrogen and oxygen atoms in total. The van der Waals surface area contributed by atoms with Crippen molar-refractivity contribution in [1.29, 1.82) is 0 Å². The molecule has 138 valence electrons. The molecule has 0 radical (unpaired) electrons. The third kappa shape index (κ3) is 6.10. The number of hydrogen-bond donors (Lipinski definition) is 0. The second-order valence-electron chi connectivity index (χ2n) is 5.29. The standard InChI is InChI=1S/C18H25NO6/c1-5-13(11-17(21)24-4)19(16(20)12-18(22)25-6-2)14-7-9-15(23-3)10-8-14/h7-10,13H,5-6,11-12H2,1-4H3. The van der Waals surface area contributed by atoms with Crippen LogP contribution in [0.1, 0.15) is 33.1 Å². The Kier molecular flexibility index (Phi) is 8.46.